The Kier molecular flexibility index (Phi) is 3.48. The van der Waals surface area contributed by atoms with Gasteiger partial charge in [-0.2, -0.15) is 5.10 Å². The lowest BCUT2D eigenvalue weighted by Crippen LogP contribution is -2.18. The van der Waals surface area contributed by atoms with Crippen LogP contribution >= 0.6 is 11.6 Å². The van der Waals surface area contributed by atoms with Gasteiger partial charge in [0.2, 0.25) is 0 Å². The van der Waals surface area contributed by atoms with Crippen molar-refractivity contribution in [3.63, 3.8) is 0 Å². The molecule has 1 aliphatic rings. The third-order valence-corrected chi connectivity index (χ3v) is 4.02. The first-order chi connectivity index (χ1) is 9.56. The van der Waals surface area contributed by atoms with Gasteiger partial charge in [0, 0.05) is 18.2 Å². The summed E-state index contributed by atoms with van der Waals surface area (Å²) in [5.74, 6) is 0.293. The van der Waals surface area contributed by atoms with E-state index in [9.17, 15) is 4.39 Å². The molecule has 4 nitrogen and oxygen atoms in total. The maximum absolute atomic E-state index is 13.4. The fourth-order valence-electron chi connectivity index (χ4n) is 2.17. The van der Waals surface area contributed by atoms with Crippen LogP contribution in [-0.4, -0.2) is 20.8 Å². The number of nitrogens with zero attached hydrogens (tertiary/aromatic N) is 3. The largest absolute Gasteiger partial charge is 0.310 e. The van der Waals surface area contributed by atoms with Crippen molar-refractivity contribution in [2.45, 2.75) is 39.3 Å². The highest BCUT2D eigenvalue weighted by Crippen LogP contribution is 2.24. The summed E-state index contributed by atoms with van der Waals surface area (Å²) in [5.41, 5.74) is 2.35. The maximum atomic E-state index is 13.4. The summed E-state index contributed by atoms with van der Waals surface area (Å²) >= 11 is 6.17. The Hall–Kier alpha value is -1.46. The zero-order valence-electron chi connectivity index (χ0n) is 11.5. The fraction of sp³-hybridized carbons (Fsp3) is 0.429. The molecule has 0 atom stereocenters. The Morgan fingerprint density at radius 1 is 1.45 bits per heavy atom. The van der Waals surface area contributed by atoms with Crippen LogP contribution in [0.25, 0.3) is 5.82 Å². The lowest BCUT2D eigenvalue weighted by Gasteiger charge is -2.11. The number of halogens is 2. The van der Waals surface area contributed by atoms with Gasteiger partial charge in [0.15, 0.2) is 5.82 Å². The summed E-state index contributed by atoms with van der Waals surface area (Å²) in [6.07, 6.45) is 3.58. The number of hydrogen-bond donors (Lipinski definition) is 1. The molecular weight excluding hydrogens is 279 g/mol. The number of nitrogens with one attached hydrogen (secondary N) is 1. The first-order valence-electron chi connectivity index (χ1n) is 6.66. The summed E-state index contributed by atoms with van der Waals surface area (Å²) in [6.45, 7) is 4.31. The fourth-order valence-corrected chi connectivity index (χ4v) is 2.28. The number of pyridine rings is 1. The minimum Gasteiger partial charge on any atom is -0.310 e. The zero-order chi connectivity index (χ0) is 14.3. The van der Waals surface area contributed by atoms with Crippen LogP contribution in [0.3, 0.4) is 0 Å². The molecule has 1 fully saturated rings. The topological polar surface area (TPSA) is 42.7 Å². The summed E-state index contributed by atoms with van der Waals surface area (Å²) in [5, 5.41) is 8.38. The molecule has 0 radical (unpaired) electrons. The van der Waals surface area contributed by atoms with Crippen LogP contribution < -0.4 is 5.32 Å². The minimum atomic E-state index is -0.339. The molecule has 0 aromatic carbocycles. The predicted octanol–water partition coefficient (Wildman–Crippen LogP) is 2.93. The van der Waals surface area contributed by atoms with Gasteiger partial charge in [-0.1, -0.05) is 11.6 Å². The van der Waals surface area contributed by atoms with Crippen LogP contribution in [0.5, 0.6) is 0 Å². The van der Waals surface area contributed by atoms with Gasteiger partial charge in [-0.25, -0.2) is 14.1 Å². The van der Waals surface area contributed by atoms with Crippen LogP contribution in [0.1, 0.15) is 29.8 Å². The van der Waals surface area contributed by atoms with Crippen LogP contribution in [0.15, 0.2) is 12.3 Å². The molecule has 106 valence electrons. The second-order valence-corrected chi connectivity index (χ2v) is 5.57. The van der Waals surface area contributed by atoms with Gasteiger partial charge in [-0.3, -0.25) is 0 Å². The number of aryl methyl sites for hydroxylation is 1. The van der Waals surface area contributed by atoms with E-state index < -0.39 is 0 Å². The second-order valence-electron chi connectivity index (χ2n) is 5.19. The van der Waals surface area contributed by atoms with E-state index in [1.165, 1.54) is 25.1 Å². The van der Waals surface area contributed by atoms with Crippen molar-refractivity contribution in [2.75, 3.05) is 0 Å². The monoisotopic (exact) mass is 294 g/mol. The van der Waals surface area contributed by atoms with E-state index >= 15 is 0 Å². The molecule has 1 aliphatic carbocycles. The highest BCUT2D eigenvalue weighted by Gasteiger charge is 2.22. The highest BCUT2D eigenvalue weighted by molar-refractivity contribution is 6.31. The minimum absolute atomic E-state index is 0.339. The van der Waals surface area contributed by atoms with Crippen LogP contribution in [0.2, 0.25) is 5.02 Å². The van der Waals surface area contributed by atoms with Gasteiger partial charge in [0.05, 0.1) is 22.6 Å². The Bertz CT molecular complexity index is 649. The molecular formula is C14H16ClFN4. The standard InChI is InChI=1S/C14H16ClFN4/c1-8-13(15)9(2)20(19-8)14-10(5-11(16)7-18-14)6-17-12-3-4-12/h5,7,12,17H,3-4,6H2,1-2H3. The highest BCUT2D eigenvalue weighted by atomic mass is 35.5. The summed E-state index contributed by atoms with van der Waals surface area (Å²) in [7, 11) is 0. The lowest BCUT2D eigenvalue weighted by atomic mass is 10.2. The molecule has 6 heteroatoms. The SMILES string of the molecule is Cc1nn(-c2ncc(F)cc2CNC2CC2)c(C)c1Cl. The van der Waals surface area contributed by atoms with E-state index in [0.29, 0.717) is 23.4 Å². The van der Waals surface area contributed by atoms with Crippen molar-refractivity contribution in [3.05, 3.63) is 40.1 Å². The van der Waals surface area contributed by atoms with Crippen molar-refractivity contribution < 1.29 is 4.39 Å². The molecule has 2 heterocycles. The van der Waals surface area contributed by atoms with Gasteiger partial charge in [-0.15, -0.1) is 0 Å². The number of rotatable bonds is 4. The van der Waals surface area contributed by atoms with Crippen molar-refractivity contribution in [1.82, 2.24) is 20.1 Å². The molecule has 3 rings (SSSR count). The molecule has 0 spiro atoms. The van der Waals surface area contributed by atoms with Crippen molar-refractivity contribution in [2.24, 2.45) is 0 Å². The summed E-state index contributed by atoms with van der Waals surface area (Å²) in [6, 6.07) is 2.05. The van der Waals surface area contributed by atoms with Crippen LogP contribution in [0.4, 0.5) is 4.39 Å². The molecule has 0 aliphatic heterocycles. The van der Waals surface area contributed by atoms with E-state index in [2.05, 4.69) is 15.4 Å². The summed E-state index contributed by atoms with van der Waals surface area (Å²) in [4.78, 5) is 4.19. The lowest BCUT2D eigenvalue weighted by molar-refractivity contribution is 0.606. The van der Waals surface area contributed by atoms with Gasteiger partial charge >= 0.3 is 0 Å². The Morgan fingerprint density at radius 3 is 2.80 bits per heavy atom. The van der Waals surface area contributed by atoms with E-state index in [0.717, 1.165) is 17.0 Å². The average molecular weight is 295 g/mol. The summed E-state index contributed by atoms with van der Waals surface area (Å²) < 4.78 is 15.1. The van der Waals surface area contributed by atoms with Crippen molar-refractivity contribution >= 4 is 11.6 Å². The molecule has 0 amide bonds. The van der Waals surface area contributed by atoms with Crippen molar-refractivity contribution in [3.8, 4) is 5.82 Å². The third kappa shape index (κ3) is 2.55. The molecule has 1 saturated carbocycles. The predicted molar refractivity (Wildman–Crippen MR) is 75.7 cm³/mol. The second kappa shape index (κ2) is 5.14. The van der Waals surface area contributed by atoms with Crippen LogP contribution in [-0.2, 0) is 6.54 Å². The number of hydrogen-bond acceptors (Lipinski definition) is 3. The molecule has 0 bridgehead atoms. The first kappa shape index (κ1) is 13.5. The third-order valence-electron chi connectivity index (χ3n) is 3.47. The smallest absolute Gasteiger partial charge is 0.158 e. The Morgan fingerprint density at radius 2 is 2.20 bits per heavy atom. The first-order valence-corrected chi connectivity index (χ1v) is 7.04. The molecule has 2 aromatic rings. The average Bonchev–Trinajstić information content (AvgIpc) is 3.21. The zero-order valence-corrected chi connectivity index (χ0v) is 12.2. The van der Waals surface area contributed by atoms with Gasteiger partial charge < -0.3 is 5.32 Å². The van der Waals surface area contributed by atoms with E-state index in [-0.39, 0.29) is 5.82 Å². The molecule has 1 N–H and O–H groups in total. The molecule has 0 saturated heterocycles. The molecule has 0 unspecified atom stereocenters. The van der Waals surface area contributed by atoms with Gasteiger partial charge in [-0.05, 0) is 32.8 Å². The Balaban J connectivity index is 2.00. The van der Waals surface area contributed by atoms with Crippen molar-refractivity contribution in [1.29, 1.82) is 0 Å². The number of aromatic nitrogens is 3. The quantitative estimate of drug-likeness (QED) is 0.943. The Labute approximate surface area is 122 Å². The van der Waals surface area contributed by atoms with Crippen LogP contribution in [0, 0.1) is 19.7 Å². The normalized spacial score (nSPS) is 14.8. The molecule has 20 heavy (non-hydrogen) atoms. The van der Waals surface area contributed by atoms with Gasteiger partial charge in [0.25, 0.3) is 0 Å². The van der Waals surface area contributed by atoms with E-state index in [4.69, 9.17) is 11.6 Å². The van der Waals surface area contributed by atoms with E-state index in [1.807, 2.05) is 13.8 Å². The molecule has 2 aromatic heterocycles. The van der Waals surface area contributed by atoms with E-state index in [1.54, 1.807) is 4.68 Å². The maximum Gasteiger partial charge on any atom is 0.158 e. The van der Waals surface area contributed by atoms with Gasteiger partial charge in [0.1, 0.15) is 5.82 Å².